The molecule has 0 unspecified atom stereocenters. The van der Waals surface area contributed by atoms with E-state index in [0.717, 1.165) is 12.1 Å². The van der Waals surface area contributed by atoms with E-state index in [2.05, 4.69) is 4.74 Å². The summed E-state index contributed by atoms with van der Waals surface area (Å²) in [5, 5.41) is 11.3. The third-order valence-corrected chi connectivity index (χ3v) is 5.88. The fourth-order valence-electron chi connectivity index (χ4n) is 4.08. The van der Waals surface area contributed by atoms with E-state index in [0.29, 0.717) is 5.56 Å². The van der Waals surface area contributed by atoms with Crippen LogP contribution in [0.3, 0.4) is 0 Å². The maximum Gasteiger partial charge on any atom is 0.387 e. The summed E-state index contributed by atoms with van der Waals surface area (Å²) in [6.45, 7) is -3.48. The van der Waals surface area contributed by atoms with Gasteiger partial charge in [-0.15, -0.1) is 0 Å². The molecule has 1 heterocycles. The number of aliphatic hydroxyl groups excluding tert-OH is 1. The van der Waals surface area contributed by atoms with E-state index in [1.807, 2.05) is 0 Å². The van der Waals surface area contributed by atoms with Crippen LogP contribution in [-0.2, 0) is 5.60 Å². The second-order valence-electron chi connectivity index (χ2n) is 7.34. The highest BCUT2D eigenvalue weighted by Gasteiger charge is 2.50. The topological polar surface area (TPSA) is 108 Å². The predicted molar refractivity (Wildman–Crippen MR) is 115 cm³/mol. The summed E-state index contributed by atoms with van der Waals surface area (Å²) in [5.41, 5.74) is 9.59. The second-order valence-corrected chi connectivity index (χ2v) is 7.75. The number of carbonyl (C=O) groups excluding carboxylic acids is 1. The van der Waals surface area contributed by atoms with Crippen molar-refractivity contribution in [1.82, 2.24) is 0 Å². The lowest BCUT2D eigenvalue weighted by molar-refractivity contribution is -0.0521. The number of ether oxygens (including phenoxy) is 2. The third kappa shape index (κ3) is 3.68. The lowest BCUT2D eigenvalue weighted by atomic mass is 9.83. The van der Waals surface area contributed by atoms with Gasteiger partial charge in [0.25, 0.3) is 0 Å². The highest BCUT2D eigenvalue weighted by atomic mass is 35.5. The fourth-order valence-corrected chi connectivity index (χ4v) is 4.33. The minimum atomic E-state index is -3.32. The van der Waals surface area contributed by atoms with E-state index < -0.39 is 41.4 Å². The molecule has 0 radical (unpaired) electrons. The van der Waals surface area contributed by atoms with Crippen molar-refractivity contribution in [2.45, 2.75) is 18.3 Å². The van der Waals surface area contributed by atoms with Crippen LogP contribution < -0.4 is 20.9 Å². The van der Waals surface area contributed by atoms with Crippen molar-refractivity contribution in [2.75, 3.05) is 6.54 Å². The largest absolute Gasteiger partial charge is 0.478 e. The zero-order valence-corrected chi connectivity index (χ0v) is 17.7. The number of amides is 1. The number of halogens is 4. The summed E-state index contributed by atoms with van der Waals surface area (Å²) < 4.78 is 51.4. The van der Waals surface area contributed by atoms with Crippen molar-refractivity contribution >= 4 is 17.5 Å². The van der Waals surface area contributed by atoms with Crippen molar-refractivity contribution < 1.29 is 32.5 Å². The quantitative estimate of drug-likeness (QED) is 0.494. The van der Waals surface area contributed by atoms with Crippen LogP contribution in [0.5, 0.6) is 11.5 Å². The Balaban J connectivity index is 2.00. The van der Waals surface area contributed by atoms with Gasteiger partial charge in [0, 0.05) is 28.3 Å². The molecular weight excluding hydrogens is 461 g/mol. The summed E-state index contributed by atoms with van der Waals surface area (Å²) in [7, 11) is 0. The molecule has 10 heteroatoms. The Morgan fingerprint density at radius 2 is 1.85 bits per heavy atom. The third-order valence-electron chi connectivity index (χ3n) is 5.57. The molecule has 172 valence electrons. The second kappa shape index (κ2) is 8.58. The van der Waals surface area contributed by atoms with Gasteiger partial charge in [-0.1, -0.05) is 41.9 Å². The molecule has 0 saturated heterocycles. The molecule has 0 saturated carbocycles. The Morgan fingerprint density at radius 3 is 2.45 bits per heavy atom. The van der Waals surface area contributed by atoms with Crippen LogP contribution in [0.25, 0.3) is 11.1 Å². The van der Waals surface area contributed by atoms with E-state index in [4.69, 9.17) is 27.8 Å². The Labute approximate surface area is 191 Å². The molecule has 5 N–H and O–H groups in total. The van der Waals surface area contributed by atoms with Crippen LogP contribution in [0, 0.1) is 5.82 Å². The van der Waals surface area contributed by atoms with Crippen molar-refractivity contribution in [1.29, 1.82) is 0 Å². The number of fused-ring (bicyclic) bond motifs is 1. The Morgan fingerprint density at radius 1 is 1.15 bits per heavy atom. The highest BCUT2D eigenvalue weighted by Crippen LogP contribution is 2.54. The average Bonchev–Trinajstić information content (AvgIpc) is 3.08. The lowest BCUT2D eigenvalue weighted by Gasteiger charge is -2.31. The monoisotopic (exact) mass is 478 g/mol. The lowest BCUT2D eigenvalue weighted by Crippen LogP contribution is -2.42. The van der Waals surface area contributed by atoms with E-state index in [-0.39, 0.29) is 34.0 Å². The molecule has 3 aromatic rings. The van der Waals surface area contributed by atoms with Gasteiger partial charge in [-0.3, -0.25) is 4.79 Å². The summed E-state index contributed by atoms with van der Waals surface area (Å²) in [5.74, 6) is -3.02. The number of hydrogen-bond acceptors (Lipinski definition) is 5. The molecule has 0 spiro atoms. The van der Waals surface area contributed by atoms with Crippen LogP contribution in [0.15, 0.2) is 54.6 Å². The molecular formula is C23H18ClF3N2O4. The normalized spacial score (nSPS) is 19.3. The molecule has 4 rings (SSSR count). The first kappa shape index (κ1) is 22.9. The summed E-state index contributed by atoms with van der Waals surface area (Å²) in [6, 6.07) is 13.4. The number of alkyl halides is 2. The Hall–Kier alpha value is -3.27. The maximum absolute atomic E-state index is 15.4. The van der Waals surface area contributed by atoms with E-state index in [1.165, 1.54) is 12.1 Å². The first-order valence-electron chi connectivity index (χ1n) is 9.73. The molecule has 3 aromatic carbocycles. The maximum atomic E-state index is 15.4. The number of aliphatic hydroxyl groups is 1. The zero-order valence-electron chi connectivity index (χ0n) is 16.9. The number of hydrogen-bond donors (Lipinski definition) is 3. The SMILES string of the molecule is NC[C@]1(c2ccccc2)Oc2ccc(Cl)c(-c3c(C(N)=O)ccc(OC(F)F)c3F)c2[C@@H]1O. The number of rotatable bonds is 6. The first-order chi connectivity index (χ1) is 15.7. The number of benzene rings is 3. The first-order valence-corrected chi connectivity index (χ1v) is 10.1. The molecule has 6 nitrogen and oxygen atoms in total. The molecule has 0 aromatic heterocycles. The van der Waals surface area contributed by atoms with E-state index in [9.17, 15) is 18.7 Å². The molecule has 1 aliphatic rings. The van der Waals surface area contributed by atoms with Crippen LogP contribution in [-0.4, -0.2) is 24.2 Å². The molecule has 0 fully saturated rings. The molecule has 0 aliphatic carbocycles. The molecule has 33 heavy (non-hydrogen) atoms. The molecule has 2 atom stereocenters. The van der Waals surface area contributed by atoms with Gasteiger partial charge in [0.1, 0.15) is 11.9 Å². The summed E-state index contributed by atoms with van der Waals surface area (Å²) in [6.07, 6.45) is -1.45. The van der Waals surface area contributed by atoms with Crippen LogP contribution >= 0.6 is 11.6 Å². The number of nitrogens with two attached hydrogens (primary N) is 2. The van der Waals surface area contributed by atoms with Crippen LogP contribution in [0.2, 0.25) is 5.02 Å². The van der Waals surface area contributed by atoms with Crippen LogP contribution in [0.1, 0.15) is 27.6 Å². The van der Waals surface area contributed by atoms with Gasteiger partial charge in [-0.2, -0.15) is 8.78 Å². The van der Waals surface area contributed by atoms with Crippen molar-refractivity contribution in [2.24, 2.45) is 11.5 Å². The van der Waals surface area contributed by atoms with Gasteiger partial charge >= 0.3 is 6.61 Å². The van der Waals surface area contributed by atoms with Gasteiger partial charge in [0.2, 0.25) is 5.91 Å². The van der Waals surface area contributed by atoms with E-state index >= 15 is 4.39 Å². The standard InChI is InChI=1S/C23H18ClF3N2O4/c24-13-7-9-14-18(20(30)23(10-28,33-14)11-4-2-1-3-5-11)17(13)16-12(21(29)31)6-8-15(19(16)25)32-22(26)27/h1-9,20,22,30H,10,28H2,(H2,29,31)/t20-,23+/m0/s1. The van der Waals surface area contributed by atoms with Gasteiger partial charge in [-0.05, 0) is 29.8 Å². The summed E-state index contributed by atoms with van der Waals surface area (Å²) >= 11 is 6.39. The van der Waals surface area contributed by atoms with Crippen molar-refractivity contribution in [3.8, 4) is 22.6 Å². The van der Waals surface area contributed by atoms with Gasteiger partial charge in [0.15, 0.2) is 17.2 Å². The number of primary amides is 1. The van der Waals surface area contributed by atoms with Crippen molar-refractivity contribution in [3.05, 3.63) is 82.1 Å². The zero-order chi connectivity index (χ0) is 23.9. The molecule has 1 aliphatic heterocycles. The Bertz CT molecular complexity index is 1230. The van der Waals surface area contributed by atoms with Gasteiger partial charge < -0.3 is 26.0 Å². The highest BCUT2D eigenvalue weighted by molar-refractivity contribution is 6.34. The Kier molecular flexibility index (Phi) is 5.96. The minimum absolute atomic E-state index is 0.0346. The molecule has 0 bridgehead atoms. The summed E-state index contributed by atoms with van der Waals surface area (Å²) in [4.78, 5) is 12.1. The van der Waals surface area contributed by atoms with Crippen LogP contribution in [0.4, 0.5) is 13.2 Å². The van der Waals surface area contributed by atoms with Gasteiger partial charge in [-0.25, -0.2) is 4.39 Å². The number of carbonyl (C=O) groups is 1. The van der Waals surface area contributed by atoms with E-state index in [1.54, 1.807) is 30.3 Å². The van der Waals surface area contributed by atoms with Crippen molar-refractivity contribution in [3.63, 3.8) is 0 Å². The predicted octanol–water partition coefficient (Wildman–Crippen LogP) is 4.13. The smallest absolute Gasteiger partial charge is 0.387 e. The molecule has 1 amide bonds. The van der Waals surface area contributed by atoms with Gasteiger partial charge in [0.05, 0.1) is 5.56 Å². The fraction of sp³-hybridized carbons (Fsp3) is 0.174. The minimum Gasteiger partial charge on any atom is -0.478 e. The average molecular weight is 479 g/mol.